The maximum absolute atomic E-state index is 8.75. The summed E-state index contributed by atoms with van der Waals surface area (Å²) in [5, 5.41) is 8.75. The highest BCUT2D eigenvalue weighted by Gasteiger charge is 2.20. The Hall–Kier alpha value is -1.96. The second-order valence-electron chi connectivity index (χ2n) is 5.06. The standard InChI is InChI=1S/C17H18N2OS/c1-18-10-11-19(17-7-3-2-6-16(17)18)13-15-9-8-14(21-15)5-4-12-20/h2-3,6-9,20H,10-13H2,1H3. The number of aliphatic hydroxyl groups is 1. The van der Waals surface area contributed by atoms with Gasteiger partial charge < -0.3 is 14.9 Å². The second kappa shape index (κ2) is 6.21. The first-order valence-electron chi connectivity index (χ1n) is 7.01. The molecule has 0 atom stereocenters. The predicted molar refractivity (Wildman–Crippen MR) is 89.0 cm³/mol. The zero-order valence-corrected chi connectivity index (χ0v) is 12.9. The predicted octanol–water partition coefficient (Wildman–Crippen LogP) is 2.55. The number of aliphatic hydroxyl groups excluding tert-OH is 1. The van der Waals surface area contributed by atoms with Crippen LogP contribution >= 0.6 is 11.3 Å². The third kappa shape index (κ3) is 3.05. The SMILES string of the molecule is CN1CCN(Cc2ccc(C#CCO)s2)c2ccccc21. The first-order valence-corrected chi connectivity index (χ1v) is 7.83. The maximum Gasteiger partial charge on any atom is 0.104 e. The molecule has 0 radical (unpaired) electrons. The number of fused-ring (bicyclic) bond motifs is 1. The summed E-state index contributed by atoms with van der Waals surface area (Å²) in [5.41, 5.74) is 2.59. The summed E-state index contributed by atoms with van der Waals surface area (Å²) >= 11 is 1.70. The number of thiophene rings is 1. The average Bonchev–Trinajstić information content (AvgIpc) is 2.96. The smallest absolute Gasteiger partial charge is 0.104 e. The van der Waals surface area contributed by atoms with Gasteiger partial charge in [0.05, 0.1) is 22.8 Å². The van der Waals surface area contributed by atoms with E-state index >= 15 is 0 Å². The fourth-order valence-electron chi connectivity index (χ4n) is 2.58. The molecular weight excluding hydrogens is 280 g/mol. The molecule has 4 heteroatoms. The van der Waals surface area contributed by atoms with Crippen molar-refractivity contribution in [1.29, 1.82) is 0 Å². The number of nitrogens with zero attached hydrogens (tertiary/aromatic N) is 2. The molecule has 0 amide bonds. The molecular formula is C17H18N2OS. The van der Waals surface area contributed by atoms with Gasteiger partial charge in [0.25, 0.3) is 0 Å². The van der Waals surface area contributed by atoms with E-state index in [4.69, 9.17) is 5.11 Å². The molecule has 3 rings (SSSR count). The Morgan fingerprint density at radius 1 is 1.14 bits per heavy atom. The third-order valence-corrected chi connectivity index (χ3v) is 4.62. The first-order chi connectivity index (χ1) is 10.3. The van der Waals surface area contributed by atoms with Gasteiger partial charge in [-0.05, 0) is 24.3 Å². The quantitative estimate of drug-likeness (QED) is 0.863. The van der Waals surface area contributed by atoms with Crippen LogP contribution in [0.4, 0.5) is 11.4 Å². The van der Waals surface area contributed by atoms with Crippen molar-refractivity contribution in [2.75, 3.05) is 36.5 Å². The largest absolute Gasteiger partial charge is 0.384 e. The van der Waals surface area contributed by atoms with Gasteiger partial charge in [0.2, 0.25) is 0 Å². The summed E-state index contributed by atoms with van der Waals surface area (Å²) in [5.74, 6) is 5.67. The molecule has 0 aliphatic carbocycles. The normalized spacial score (nSPS) is 13.6. The number of benzene rings is 1. The lowest BCUT2D eigenvalue weighted by Gasteiger charge is -2.36. The summed E-state index contributed by atoms with van der Waals surface area (Å²) in [7, 11) is 2.14. The number of hydrogen-bond acceptors (Lipinski definition) is 4. The summed E-state index contributed by atoms with van der Waals surface area (Å²) in [6, 6.07) is 12.7. The second-order valence-corrected chi connectivity index (χ2v) is 6.23. The van der Waals surface area contributed by atoms with Crippen molar-refractivity contribution in [2.24, 2.45) is 0 Å². The van der Waals surface area contributed by atoms with E-state index in [1.54, 1.807) is 11.3 Å². The van der Waals surface area contributed by atoms with Crippen LogP contribution in [0.3, 0.4) is 0 Å². The fourth-order valence-corrected chi connectivity index (χ4v) is 3.47. The van der Waals surface area contributed by atoms with Crippen molar-refractivity contribution >= 4 is 22.7 Å². The van der Waals surface area contributed by atoms with Crippen LogP contribution in [0.5, 0.6) is 0 Å². The number of anilines is 2. The Morgan fingerprint density at radius 2 is 1.95 bits per heavy atom. The molecule has 0 unspecified atom stereocenters. The zero-order chi connectivity index (χ0) is 14.7. The van der Waals surface area contributed by atoms with E-state index in [1.165, 1.54) is 16.3 Å². The molecule has 1 aliphatic heterocycles. The lowest BCUT2D eigenvalue weighted by Crippen LogP contribution is -2.38. The highest BCUT2D eigenvalue weighted by molar-refractivity contribution is 7.12. The van der Waals surface area contributed by atoms with Gasteiger partial charge in [-0.2, -0.15) is 0 Å². The minimum atomic E-state index is -0.0843. The van der Waals surface area contributed by atoms with Gasteiger partial charge in [-0.15, -0.1) is 11.3 Å². The molecule has 1 aromatic carbocycles. The Morgan fingerprint density at radius 3 is 2.76 bits per heavy atom. The van der Waals surface area contributed by atoms with Crippen LogP contribution in [0.25, 0.3) is 0 Å². The van der Waals surface area contributed by atoms with E-state index in [-0.39, 0.29) is 6.61 Å². The van der Waals surface area contributed by atoms with Gasteiger partial charge in [0, 0.05) is 25.0 Å². The maximum atomic E-state index is 8.75. The molecule has 2 aromatic rings. The van der Waals surface area contributed by atoms with Crippen molar-refractivity contribution in [1.82, 2.24) is 0 Å². The zero-order valence-electron chi connectivity index (χ0n) is 12.0. The first kappa shape index (κ1) is 14.0. The molecule has 0 bridgehead atoms. The Bertz CT molecular complexity index is 683. The molecule has 1 N–H and O–H groups in total. The number of likely N-dealkylation sites (N-methyl/N-ethyl adjacent to an activating group) is 1. The fraction of sp³-hybridized carbons (Fsp3) is 0.294. The van der Waals surface area contributed by atoms with Crippen molar-refractivity contribution in [3.05, 3.63) is 46.2 Å². The highest BCUT2D eigenvalue weighted by Crippen LogP contribution is 2.33. The Balaban J connectivity index is 1.79. The summed E-state index contributed by atoms with van der Waals surface area (Å²) in [6.45, 7) is 2.90. The van der Waals surface area contributed by atoms with Crippen LogP contribution in [-0.2, 0) is 6.54 Å². The minimum Gasteiger partial charge on any atom is -0.384 e. The van der Waals surface area contributed by atoms with Gasteiger partial charge in [-0.3, -0.25) is 0 Å². The summed E-state index contributed by atoms with van der Waals surface area (Å²) < 4.78 is 0. The van der Waals surface area contributed by atoms with Crippen molar-refractivity contribution in [3.63, 3.8) is 0 Å². The molecule has 1 aromatic heterocycles. The van der Waals surface area contributed by atoms with Gasteiger partial charge >= 0.3 is 0 Å². The van der Waals surface area contributed by atoms with E-state index < -0.39 is 0 Å². The molecule has 1 aliphatic rings. The van der Waals surface area contributed by atoms with Gasteiger partial charge in [-0.25, -0.2) is 0 Å². The van der Waals surface area contributed by atoms with Crippen molar-refractivity contribution < 1.29 is 5.11 Å². The lowest BCUT2D eigenvalue weighted by molar-refractivity contribution is 0.350. The van der Waals surface area contributed by atoms with E-state index in [0.717, 1.165) is 24.5 Å². The Labute approximate surface area is 129 Å². The van der Waals surface area contributed by atoms with Crippen LogP contribution in [0, 0.1) is 11.8 Å². The third-order valence-electron chi connectivity index (χ3n) is 3.64. The van der Waals surface area contributed by atoms with E-state index in [1.807, 2.05) is 6.07 Å². The summed E-state index contributed by atoms with van der Waals surface area (Å²) in [4.78, 5) is 7.04. The van der Waals surface area contributed by atoms with Crippen LogP contribution in [-0.4, -0.2) is 31.9 Å². The molecule has 2 heterocycles. The average molecular weight is 298 g/mol. The monoisotopic (exact) mass is 298 g/mol. The number of hydrogen-bond donors (Lipinski definition) is 1. The van der Waals surface area contributed by atoms with Gasteiger partial charge in [-0.1, -0.05) is 24.0 Å². The van der Waals surface area contributed by atoms with Crippen LogP contribution in [0.15, 0.2) is 36.4 Å². The van der Waals surface area contributed by atoms with Gasteiger partial charge in [0.1, 0.15) is 6.61 Å². The van der Waals surface area contributed by atoms with Crippen molar-refractivity contribution in [2.45, 2.75) is 6.54 Å². The number of para-hydroxylation sites is 2. The molecule has 0 saturated carbocycles. The molecule has 3 nitrogen and oxygen atoms in total. The van der Waals surface area contributed by atoms with Gasteiger partial charge in [0.15, 0.2) is 0 Å². The Kier molecular flexibility index (Phi) is 4.14. The molecule has 0 spiro atoms. The summed E-state index contributed by atoms with van der Waals surface area (Å²) in [6.07, 6.45) is 0. The molecule has 108 valence electrons. The molecule has 0 saturated heterocycles. The van der Waals surface area contributed by atoms with Crippen LogP contribution in [0.2, 0.25) is 0 Å². The van der Waals surface area contributed by atoms with E-state index in [9.17, 15) is 0 Å². The van der Waals surface area contributed by atoms with E-state index in [0.29, 0.717) is 0 Å². The highest BCUT2D eigenvalue weighted by atomic mass is 32.1. The number of rotatable bonds is 2. The van der Waals surface area contributed by atoms with E-state index in [2.05, 4.69) is 59.0 Å². The topological polar surface area (TPSA) is 26.7 Å². The molecule has 21 heavy (non-hydrogen) atoms. The van der Waals surface area contributed by atoms with Crippen LogP contribution < -0.4 is 9.80 Å². The minimum absolute atomic E-state index is 0.0843. The lowest BCUT2D eigenvalue weighted by atomic mass is 10.1. The van der Waals surface area contributed by atoms with Crippen LogP contribution in [0.1, 0.15) is 9.75 Å². The van der Waals surface area contributed by atoms with Crippen molar-refractivity contribution in [3.8, 4) is 11.8 Å². The molecule has 0 fully saturated rings.